The summed E-state index contributed by atoms with van der Waals surface area (Å²) >= 11 is 3.10. The Bertz CT molecular complexity index is 405. The van der Waals surface area contributed by atoms with Crippen LogP contribution in [-0.4, -0.2) is 42.2 Å². The SMILES string of the molecule is FC(F)(F)[C@@H](c1cccnc1Br)N1CCNCC1. The van der Waals surface area contributed by atoms with Gasteiger partial charge in [0.1, 0.15) is 10.6 Å². The fourth-order valence-electron chi connectivity index (χ4n) is 2.12. The summed E-state index contributed by atoms with van der Waals surface area (Å²) in [5, 5.41) is 3.05. The molecular formula is C11H13BrF3N3. The number of halogens is 4. The van der Waals surface area contributed by atoms with Crippen LogP contribution in [0.2, 0.25) is 0 Å². The molecule has 0 radical (unpaired) electrons. The first-order chi connectivity index (χ1) is 8.50. The molecule has 2 rings (SSSR count). The summed E-state index contributed by atoms with van der Waals surface area (Å²) in [4.78, 5) is 5.33. The van der Waals surface area contributed by atoms with Crippen LogP contribution >= 0.6 is 15.9 Å². The third kappa shape index (κ3) is 3.02. The lowest BCUT2D eigenvalue weighted by molar-refractivity contribution is -0.188. The molecule has 100 valence electrons. The van der Waals surface area contributed by atoms with Crippen molar-refractivity contribution in [2.45, 2.75) is 12.2 Å². The minimum Gasteiger partial charge on any atom is -0.314 e. The molecule has 0 aromatic carbocycles. The predicted molar refractivity (Wildman–Crippen MR) is 65.2 cm³/mol. The van der Waals surface area contributed by atoms with Crippen molar-refractivity contribution in [3.63, 3.8) is 0 Å². The van der Waals surface area contributed by atoms with E-state index in [-0.39, 0.29) is 10.2 Å². The number of hydrogen-bond acceptors (Lipinski definition) is 3. The summed E-state index contributed by atoms with van der Waals surface area (Å²) < 4.78 is 40.0. The highest BCUT2D eigenvalue weighted by molar-refractivity contribution is 9.10. The first-order valence-electron chi connectivity index (χ1n) is 5.62. The van der Waals surface area contributed by atoms with Gasteiger partial charge < -0.3 is 5.32 Å². The van der Waals surface area contributed by atoms with Crippen LogP contribution < -0.4 is 5.32 Å². The standard InChI is InChI=1S/C11H13BrF3N3/c12-10-8(2-1-3-17-10)9(11(13,14)15)18-6-4-16-5-7-18/h1-3,9,16H,4-7H2/t9-/m1/s1. The maximum absolute atomic E-state index is 13.3. The topological polar surface area (TPSA) is 28.2 Å². The van der Waals surface area contributed by atoms with E-state index in [2.05, 4.69) is 26.2 Å². The monoisotopic (exact) mass is 323 g/mol. The molecule has 1 atom stereocenters. The van der Waals surface area contributed by atoms with E-state index >= 15 is 0 Å². The van der Waals surface area contributed by atoms with E-state index in [0.717, 1.165) is 0 Å². The average molecular weight is 324 g/mol. The fraction of sp³-hybridized carbons (Fsp3) is 0.545. The van der Waals surface area contributed by atoms with Gasteiger partial charge >= 0.3 is 6.18 Å². The first-order valence-corrected chi connectivity index (χ1v) is 6.41. The second kappa shape index (κ2) is 5.54. The van der Waals surface area contributed by atoms with Crippen molar-refractivity contribution in [2.24, 2.45) is 0 Å². The average Bonchev–Trinajstić information content (AvgIpc) is 2.32. The van der Waals surface area contributed by atoms with Crippen molar-refractivity contribution < 1.29 is 13.2 Å². The van der Waals surface area contributed by atoms with Gasteiger partial charge in [0.15, 0.2) is 0 Å². The predicted octanol–water partition coefficient (Wildman–Crippen LogP) is 2.35. The zero-order chi connectivity index (χ0) is 13.2. The van der Waals surface area contributed by atoms with Gasteiger partial charge in [-0.05, 0) is 22.0 Å². The number of piperazine rings is 1. The van der Waals surface area contributed by atoms with Crippen molar-refractivity contribution >= 4 is 15.9 Å². The van der Waals surface area contributed by atoms with E-state index in [4.69, 9.17) is 0 Å². The van der Waals surface area contributed by atoms with Crippen LogP contribution in [-0.2, 0) is 0 Å². The van der Waals surface area contributed by atoms with Gasteiger partial charge in [-0.25, -0.2) is 4.98 Å². The second-order valence-corrected chi connectivity index (χ2v) is 4.86. The number of hydrogen-bond donors (Lipinski definition) is 1. The summed E-state index contributed by atoms with van der Waals surface area (Å²) in [5.41, 5.74) is 0.173. The molecule has 0 spiro atoms. The van der Waals surface area contributed by atoms with E-state index in [1.54, 1.807) is 0 Å². The fourth-order valence-corrected chi connectivity index (χ4v) is 2.59. The molecule has 0 amide bonds. The minimum absolute atomic E-state index is 0.173. The van der Waals surface area contributed by atoms with Gasteiger partial charge in [0.25, 0.3) is 0 Å². The molecular weight excluding hydrogens is 311 g/mol. The number of nitrogens with zero attached hydrogens (tertiary/aromatic N) is 2. The molecule has 0 saturated carbocycles. The molecule has 0 bridgehead atoms. The molecule has 7 heteroatoms. The zero-order valence-corrected chi connectivity index (χ0v) is 11.1. The first kappa shape index (κ1) is 13.8. The Kier molecular flexibility index (Phi) is 4.24. The molecule has 1 saturated heterocycles. The highest BCUT2D eigenvalue weighted by Crippen LogP contribution is 2.39. The highest BCUT2D eigenvalue weighted by atomic mass is 79.9. The van der Waals surface area contributed by atoms with E-state index < -0.39 is 12.2 Å². The molecule has 1 aromatic heterocycles. The summed E-state index contributed by atoms with van der Waals surface area (Å²) in [6.45, 7) is 1.91. The van der Waals surface area contributed by atoms with E-state index in [1.807, 2.05) is 0 Å². The molecule has 2 heterocycles. The molecule has 18 heavy (non-hydrogen) atoms. The molecule has 3 nitrogen and oxygen atoms in total. The Labute approximate surface area is 112 Å². The minimum atomic E-state index is -4.30. The number of pyridine rings is 1. The third-order valence-corrected chi connectivity index (χ3v) is 3.57. The van der Waals surface area contributed by atoms with Crippen molar-refractivity contribution in [1.82, 2.24) is 15.2 Å². The van der Waals surface area contributed by atoms with Gasteiger partial charge in [-0.15, -0.1) is 0 Å². The Morgan fingerprint density at radius 3 is 2.56 bits per heavy atom. The Morgan fingerprint density at radius 2 is 2.00 bits per heavy atom. The summed E-state index contributed by atoms with van der Waals surface area (Å²) in [5.74, 6) is 0. The summed E-state index contributed by atoms with van der Waals surface area (Å²) in [6, 6.07) is 1.40. The molecule has 1 N–H and O–H groups in total. The number of alkyl halides is 3. The van der Waals surface area contributed by atoms with Crippen molar-refractivity contribution in [1.29, 1.82) is 0 Å². The maximum atomic E-state index is 13.3. The van der Waals surface area contributed by atoms with Gasteiger partial charge in [0, 0.05) is 37.9 Å². The van der Waals surface area contributed by atoms with Crippen molar-refractivity contribution in [3.8, 4) is 0 Å². The number of rotatable bonds is 2. The molecule has 1 aliphatic rings. The Morgan fingerprint density at radius 1 is 1.33 bits per heavy atom. The van der Waals surface area contributed by atoms with Crippen LogP contribution in [0.1, 0.15) is 11.6 Å². The smallest absolute Gasteiger partial charge is 0.314 e. The van der Waals surface area contributed by atoms with Crippen LogP contribution in [0.5, 0.6) is 0 Å². The molecule has 1 fully saturated rings. The lowest BCUT2D eigenvalue weighted by Crippen LogP contribution is -2.49. The zero-order valence-electron chi connectivity index (χ0n) is 9.54. The van der Waals surface area contributed by atoms with Gasteiger partial charge in [-0.3, -0.25) is 4.90 Å². The Hall–Kier alpha value is -0.660. The van der Waals surface area contributed by atoms with E-state index in [1.165, 1.54) is 23.2 Å². The largest absolute Gasteiger partial charge is 0.408 e. The maximum Gasteiger partial charge on any atom is 0.408 e. The normalized spacial score (nSPS) is 19.8. The number of nitrogens with one attached hydrogen (secondary N) is 1. The second-order valence-electron chi connectivity index (χ2n) is 4.11. The van der Waals surface area contributed by atoms with Crippen LogP contribution in [0.15, 0.2) is 22.9 Å². The van der Waals surface area contributed by atoms with Crippen molar-refractivity contribution in [3.05, 3.63) is 28.5 Å². The van der Waals surface area contributed by atoms with Crippen molar-refractivity contribution in [2.75, 3.05) is 26.2 Å². The van der Waals surface area contributed by atoms with Gasteiger partial charge in [-0.2, -0.15) is 13.2 Å². The molecule has 0 aliphatic carbocycles. The highest BCUT2D eigenvalue weighted by Gasteiger charge is 2.45. The summed E-state index contributed by atoms with van der Waals surface area (Å²) in [7, 11) is 0. The lowest BCUT2D eigenvalue weighted by atomic mass is 10.1. The van der Waals surface area contributed by atoms with Crippen LogP contribution in [0.4, 0.5) is 13.2 Å². The van der Waals surface area contributed by atoms with Gasteiger partial charge in [-0.1, -0.05) is 6.07 Å². The van der Waals surface area contributed by atoms with Gasteiger partial charge in [0.05, 0.1) is 0 Å². The summed E-state index contributed by atoms with van der Waals surface area (Å²) in [6.07, 6.45) is -2.83. The number of aromatic nitrogens is 1. The third-order valence-electron chi connectivity index (χ3n) is 2.91. The van der Waals surface area contributed by atoms with E-state index in [0.29, 0.717) is 26.2 Å². The Balaban J connectivity index is 2.34. The molecule has 0 unspecified atom stereocenters. The van der Waals surface area contributed by atoms with Gasteiger partial charge in [0.2, 0.25) is 0 Å². The van der Waals surface area contributed by atoms with Crippen LogP contribution in [0, 0.1) is 0 Å². The quantitative estimate of drug-likeness (QED) is 0.847. The molecule has 1 aliphatic heterocycles. The van der Waals surface area contributed by atoms with Crippen LogP contribution in [0.25, 0.3) is 0 Å². The van der Waals surface area contributed by atoms with Crippen LogP contribution in [0.3, 0.4) is 0 Å². The molecule has 1 aromatic rings. The van der Waals surface area contributed by atoms with E-state index in [9.17, 15) is 13.2 Å². The lowest BCUT2D eigenvalue weighted by Gasteiger charge is -2.36.